The first-order valence-corrected chi connectivity index (χ1v) is 7.98. The quantitative estimate of drug-likeness (QED) is 0.912. The first-order valence-electron chi connectivity index (χ1n) is 7.98. The molecule has 0 fully saturated rings. The molecule has 0 radical (unpaired) electrons. The number of nitrogens with one attached hydrogen (secondary N) is 1. The van der Waals surface area contributed by atoms with Crippen molar-refractivity contribution in [3.05, 3.63) is 65.7 Å². The first-order chi connectivity index (χ1) is 11.3. The highest BCUT2D eigenvalue weighted by atomic mass is 16.2. The van der Waals surface area contributed by atoms with E-state index >= 15 is 0 Å². The van der Waals surface area contributed by atoms with E-state index in [0.717, 1.165) is 0 Å². The summed E-state index contributed by atoms with van der Waals surface area (Å²) in [6.45, 7) is 6.29. The Morgan fingerprint density at radius 2 is 1.71 bits per heavy atom. The van der Waals surface area contributed by atoms with Crippen LogP contribution in [0.3, 0.4) is 0 Å². The molecular weight excluding hydrogens is 300 g/mol. The van der Waals surface area contributed by atoms with Crippen molar-refractivity contribution in [2.75, 3.05) is 18.9 Å². The van der Waals surface area contributed by atoms with Gasteiger partial charge in [-0.25, -0.2) is 0 Å². The summed E-state index contributed by atoms with van der Waals surface area (Å²) in [5.74, 6) is -0.218. The van der Waals surface area contributed by atoms with Gasteiger partial charge in [-0.15, -0.1) is 0 Å². The van der Waals surface area contributed by atoms with Gasteiger partial charge in [0.15, 0.2) is 0 Å². The summed E-state index contributed by atoms with van der Waals surface area (Å²) in [5, 5.41) is 2.70. The van der Waals surface area contributed by atoms with Crippen LogP contribution >= 0.6 is 0 Å². The zero-order chi connectivity index (χ0) is 17.7. The second-order valence-electron chi connectivity index (χ2n) is 6.67. The number of carbonyl (C=O) groups excluding carboxylic acids is 2. The van der Waals surface area contributed by atoms with E-state index in [1.165, 1.54) is 12.5 Å². The lowest BCUT2D eigenvalue weighted by atomic mass is 9.84. The van der Waals surface area contributed by atoms with E-state index in [-0.39, 0.29) is 17.2 Å². The monoisotopic (exact) mass is 324 g/mol. The number of hydrogen-bond donors (Lipinski definition) is 1. The van der Waals surface area contributed by atoms with E-state index in [2.05, 4.69) is 31.3 Å². The molecule has 0 spiro atoms. The van der Waals surface area contributed by atoms with Gasteiger partial charge in [-0.2, -0.15) is 0 Å². The Kier molecular flexibility index (Phi) is 5.39. The molecule has 2 aromatic carbocycles. The maximum atomic E-state index is 12.7. The Labute approximate surface area is 143 Å². The van der Waals surface area contributed by atoms with Gasteiger partial charge in [0, 0.05) is 37.2 Å². The molecule has 2 amide bonds. The highest BCUT2D eigenvalue weighted by Crippen LogP contribution is 2.24. The fraction of sp³-hybridized carbons (Fsp3) is 0.300. The lowest BCUT2D eigenvalue weighted by Crippen LogP contribution is -2.38. The van der Waals surface area contributed by atoms with Crippen molar-refractivity contribution in [3.63, 3.8) is 0 Å². The Morgan fingerprint density at radius 1 is 1.04 bits per heavy atom. The molecule has 0 heterocycles. The van der Waals surface area contributed by atoms with Gasteiger partial charge in [0.05, 0.1) is 0 Å². The minimum Gasteiger partial charge on any atom is -0.341 e. The molecule has 0 atom stereocenters. The number of likely N-dealkylation sites (N-methyl/N-ethyl adjacent to an activating group) is 1. The number of rotatable bonds is 5. The van der Waals surface area contributed by atoms with E-state index in [4.69, 9.17) is 0 Å². The van der Waals surface area contributed by atoms with Crippen LogP contribution in [-0.4, -0.2) is 30.3 Å². The van der Waals surface area contributed by atoms with Gasteiger partial charge in [0.25, 0.3) is 5.91 Å². The summed E-state index contributed by atoms with van der Waals surface area (Å²) < 4.78 is 0. The van der Waals surface area contributed by atoms with Gasteiger partial charge in [0.2, 0.25) is 5.91 Å². The van der Waals surface area contributed by atoms with Crippen molar-refractivity contribution in [2.45, 2.75) is 26.2 Å². The molecule has 2 rings (SSSR count). The summed E-state index contributed by atoms with van der Waals surface area (Å²) >= 11 is 0. The van der Waals surface area contributed by atoms with Crippen molar-refractivity contribution < 1.29 is 9.59 Å². The van der Waals surface area contributed by atoms with Crippen molar-refractivity contribution in [2.24, 2.45) is 0 Å². The van der Waals surface area contributed by atoms with Gasteiger partial charge < -0.3 is 10.2 Å². The van der Waals surface area contributed by atoms with Crippen LogP contribution in [0.4, 0.5) is 5.69 Å². The Bertz CT molecular complexity index is 723. The Morgan fingerprint density at radius 3 is 2.33 bits per heavy atom. The van der Waals surface area contributed by atoms with Gasteiger partial charge in [-0.05, 0) is 23.8 Å². The zero-order valence-electron chi connectivity index (χ0n) is 14.7. The fourth-order valence-electron chi connectivity index (χ4n) is 2.80. The lowest BCUT2D eigenvalue weighted by molar-refractivity contribution is -0.114. The van der Waals surface area contributed by atoms with Gasteiger partial charge in [-0.1, -0.05) is 50.2 Å². The molecule has 0 aliphatic carbocycles. The van der Waals surface area contributed by atoms with Crippen molar-refractivity contribution in [1.82, 2.24) is 4.90 Å². The molecule has 4 heteroatoms. The van der Waals surface area contributed by atoms with Crippen molar-refractivity contribution in [1.29, 1.82) is 0 Å². The van der Waals surface area contributed by atoms with Crippen molar-refractivity contribution in [3.8, 4) is 0 Å². The van der Waals surface area contributed by atoms with Gasteiger partial charge >= 0.3 is 0 Å². The average Bonchev–Trinajstić information content (AvgIpc) is 2.54. The zero-order valence-corrected chi connectivity index (χ0v) is 14.7. The van der Waals surface area contributed by atoms with Crippen LogP contribution in [0.2, 0.25) is 0 Å². The number of amides is 2. The second-order valence-corrected chi connectivity index (χ2v) is 6.67. The molecule has 0 saturated heterocycles. The first kappa shape index (κ1) is 17.7. The minimum absolute atomic E-state index is 0.0637. The molecule has 0 bridgehead atoms. The van der Waals surface area contributed by atoms with Crippen LogP contribution in [0.25, 0.3) is 0 Å². The number of hydrogen-bond acceptors (Lipinski definition) is 2. The predicted molar refractivity (Wildman–Crippen MR) is 97.2 cm³/mol. The van der Waals surface area contributed by atoms with Gasteiger partial charge in [0.1, 0.15) is 0 Å². The summed E-state index contributed by atoms with van der Waals surface area (Å²) in [7, 11) is 1.80. The number of benzene rings is 2. The van der Waals surface area contributed by atoms with Crippen molar-refractivity contribution >= 4 is 17.5 Å². The minimum atomic E-state index is -0.154. The molecule has 0 unspecified atom stereocenters. The molecule has 126 valence electrons. The molecule has 0 aromatic heterocycles. The van der Waals surface area contributed by atoms with Crippen LogP contribution in [-0.2, 0) is 10.2 Å². The standard InChI is InChI=1S/C20H24N2O2/c1-15(23)21-18-12-8-9-16(13-18)19(24)22(4)14-20(2,3)17-10-6-5-7-11-17/h5-13H,14H2,1-4H3,(H,21,23). The molecule has 0 saturated carbocycles. The molecular formula is C20H24N2O2. The molecule has 1 N–H and O–H groups in total. The third kappa shape index (κ3) is 4.44. The molecule has 4 nitrogen and oxygen atoms in total. The van der Waals surface area contributed by atoms with E-state index < -0.39 is 0 Å². The molecule has 2 aromatic rings. The lowest BCUT2D eigenvalue weighted by Gasteiger charge is -2.31. The molecule has 24 heavy (non-hydrogen) atoms. The highest BCUT2D eigenvalue weighted by molar-refractivity contribution is 5.96. The second kappa shape index (κ2) is 7.30. The van der Waals surface area contributed by atoms with E-state index in [1.807, 2.05) is 18.2 Å². The summed E-state index contributed by atoms with van der Waals surface area (Å²) in [4.78, 5) is 25.6. The molecule has 0 aliphatic heterocycles. The number of anilines is 1. The fourth-order valence-corrected chi connectivity index (χ4v) is 2.80. The maximum Gasteiger partial charge on any atom is 0.253 e. The summed E-state index contributed by atoms with van der Waals surface area (Å²) in [5.41, 5.74) is 2.23. The smallest absolute Gasteiger partial charge is 0.253 e. The van der Waals surface area contributed by atoms with Crippen LogP contribution in [0.1, 0.15) is 36.7 Å². The maximum absolute atomic E-state index is 12.7. The van der Waals surface area contributed by atoms with Crippen LogP contribution < -0.4 is 5.32 Å². The summed E-state index contributed by atoms with van der Waals surface area (Å²) in [6.07, 6.45) is 0. The Hall–Kier alpha value is -2.62. The van der Waals surface area contributed by atoms with Crippen LogP contribution in [0, 0.1) is 0 Å². The molecule has 0 aliphatic rings. The normalized spacial score (nSPS) is 11.0. The number of carbonyl (C=O) groups is 2. The average molecular weight is 324 g/mol. The van der Waals surface area contributed by atoms with E-state index in [0.29, 0.717) is 17.8 Å². The van der Waals surface area contributed by atoms with E-state index in [1.54, 1.807) is 36.2 Å². The highest BCUT2D eigenvalue weighted by Gasteiger charge is 2.25. The van der Waals surface area contributed by atoms with Crippen LogP contribution in [0.15, 0.2) is 54.6 Å². The van der Waals surface area contributed by atoms with E-state index in [9.17, 15) is 9.59 Å². The van der Waals surface area contributed by atoms with Crippen LogP contribution in [0.5, 0.6) is 0 Å². The topological polar surface area (TPSA) is 49.4 Å². The largest absolute Gasteiger partial charge is 0.341 e. The number of nitrogens with zero attached hydrogens (tertiary/aromatic N) is 1. The third-order valence-corrected chi connectivity index (χ3v) is 3.96. The third-order valence-electron chi connectivity index (χ3n) is 3.96. The predicted octanol–water partition coefficient (Wildman–Crippen LogP) is 3.69. The van der Waals surface area contributed by atoms with Gasteiger partial charge in [-0.3, -0.25) is 9.59 Å². The SMILES string of the molecule is CC(=O)Nc1cccc(C(=O)N(C)CC(C)(C)c2ccccc2)c1. The summed E-state index contributed by atoms with van der Waals surface area (Å²) in [6, 6.07) is 17.2. The Balaban J connectivity index is 2.13.